The second kappa shape index (κ2) is 7.83. The van der Waals surface area contributed by atoms with Crippen LogP contribution >= 0.6 is 11.3 Å². The van der Waals surface area contributed by atoms with Crippen molar-refractivity contribution < 1.29 is 4.74 Å². The number of benzene rings is 2. The van der Waals surface area contributed by atoms with Crippen LogP contribution < -0.4 is 4.80 Å². The summed E-state index contributed by atoms with van der Waals surface area (Å²) in [5.41, 5.74) is 7.35. The molecule has 3 aromatic rings. The second-order valence-corrected chi connectivity index (χ2v) is 8.24. The number of hydrogen-bond acceptors (Lipinski definition) is 3. The highest BCUT2D eigenvalue weighted by molar-refractivity contribution is 7.07. The predicted octanol–water partition coefficient (Wildman–Crippen LogP) is 5.55. The molecule has 3 nitrogen and oxygen atoms in total. The van der Waals surface area contributed by atoms with Crippen LogP contribution in [0.3, 0.4) is 0 Å². The zero-order valence-corrected chi connectivity index (χ0v) is 17.1. The van der Waals surface area contributed by atoms with Gasteiger partial charge in [0.1, 0.15) is 0 Å². The Labute approximate surface area is 165 Å². The van der Waals surface area contributed by atoms with E-state index in [0.29, 0.717) is 0 Å². The number of nitrogens with zero attached hydrogens (tertiary/aromatic N) is 2. The smallest absolute Gasteiger partial charge is 0.190 e. The minimum atomic E-state index is 0.279. The molecule has 0 N–H and O–H groups in total. The summed E-state index contributed by atoms with van der Waals surface area (Å²) in [6.45, 7) is 8.17. The Morgan fingerprint density at radius 1 is 1.11 bits per heavy atom. The first-order valence-corrected chi connectivity index (χ1v) is 10.5. The molecule has 4 heteroatoms. The minimum absolute atomic E-state index is 0.279. The van der Waals surface area contributed by atoms with Crippen LogP contribution in [0.15, 0.2) is 52.8 Å². The molecule has 4 rings (SSSR count). The summed E-state index contributed by atoms with van der Waals surface area (Å²) in [7, 11) is 0. The number of aryl methyl sites for hydroxylation is 3. The molecule has 0 radical (unpaired) electrons. The maximum absolute atomic E-state index is 5.93. The number of thiazole rings is 1. The fourth-order valence-electron chi connectivity index (χ4n) is 3.53. The van der Waals surface area contributed by atoms with Crippen molar-refractivity contribution in [1.82, 2.24) is 4.57 Å². The third-order valence-corrected chi connectivity index (χ3v) is 6.10. The topological polar surface area (TPSA) is 26.5 Å². The van der Waals surface area contributed by atoms with Gasteiger partial charge in [-0.3, -0.25) is 0 Å². The summed E-state index contributed by atoms with van der Waals surface area (Å²) in [6.07, 6.45) is 2.55. The van der Waals surface area contributed by atoms with Gasteiger partial charge in [0.25, 0.3) is 0 Å². The standard InChI is InChI=1S/C23H26N2OS/c1-16-6-4-7-20(12-16)24-23-25(14-21-8-5-11-26-21)22(15-27-23)19-10-9-17(2)18(3)13-19/h4,6-7,9-10,12-13,15,21H,5,8,11,14H2,1-3H3. The normalized spacial score (nSPS) is 17.6. The Hall–Kier alpha value is -2.17. The van der Waals surface area contributed by atoms with Crippen molar-refractivity contribution >= 4 is 17.0 Å². The molecule has 1 atom stereocenters. The third kappa shape index (κ3) is 4.07. The quantitative estimate of drug-likeness (QED) is 0.584. The van der Waals surface area contributed by atoms with Crippen molar-refractivity contribution in [3.63, 3.8) is 0 Å². The van der Waals surface area contributed by atoms with Gasteiger partial charge in [0.2, 0.25) is 0 Å². The first-order valence-electron chi connectivity index (χ1n) is 9.59. The number of aromatic nitrogens is 1. The van der Waals surface area contributed by atoms with Crippen molar-refractivity contribution in [1.29, 1.82) is 0 Å². The number of ether oxygens (including phenoxy) is 1. The van der Waals surface area contributed by atoms with Crippen molar-refractivity contribution in [2.45, 2.75) is 46.3 Å². The molecule has 1 unspecified atom stereocenters. The zero-order chi connectivity index (χ0) is 18.8. The molecule has 0 spiro atoms. The van der Waals surface area contributed by atoms with E-state index in [9.17, 15) is 0 Å². The fraction of sp³-hybridized carbons (Fsp3) is 0.348. The summed E-state index contributed by atoms with van der Waals surface area (Å²) in [5, 5.41) is 2.23. The summed E-state index contributed by atoms with van der Waals surface area (Å²) in [5.74, 6) is 0. The molecule has 0 bridgehead atoms. The first-order chi connectivity index (χ1) is 13.1. The van der Waals surface area contributed by atoms with Crippen molar-refractivity contribution in [2.75, 3.05) is 6.61 Å². The lowest BCUT2D eigenvalue weighted by Crippen LogP contribution is -2.24. The average molecular weight is 379 g/mol. The van der Waals surface area contributed by atoms with E-state index in [1.807, 2.05) is 0 Å². The molecule has 1 aromatic heterocycles. The molecule has 0 saturated carbocycles. The van der Waals surface area contributed by atoms with E-state index in [0.717, 1.165) is 36.5 Å². The Balaban J connectivity index is 1.81. The maximum atomic E-state index is 5.93. The third-order valence-electron chi connectivity index (χ3n) is 5.24. The van der Waals surface area contributed by atoms with Gasteiger partial charge in [0, 0.05) is 12.0 Å². The molecular weight excluding hydrogens is 352 g/mol. The molecule has 0 aliphatic carbocycles. The lowest BCUT2D eigenvalue weighted by Gasteiger charge is -2.14. The Morgan fingerprint density at radius 2 is 2.00 bits per heavy atom. The van der Waals surface area contributed by atoms with Crippen molar-refractivity contribution in [3.05, 3.63) is 69.3 Å². The van der Waals surface area contributed by atoms with Gasteiger partial charge in [-0.05, 0) is 74.1 Å². The second-order valence-electron chi connectivity index (χ2n) is 7.40. The largest absolute Gasteiger partial charge is 0.376 e. The molecule has 1 fully saturated rings. The summed E-state index contributed by atoms with van der Waals surface area (Å²) in [6, 6.07) is 15.1. The molecule has 27 heavy (non-hydrogen) atoms. The molecule has 2 heterocycles. The van der Waals surface area contributed by atoms with E-state index in [1.54, 1.807) is 11.3 Å². The Morgan fingerprint density at radius 3 is 2.74 bits per heavy atom. The van der Waals surface area contributed by atoms with Gasteiger partial charge in [0.15, 0.2) is 4.80 Å². The lowest BCUT2D eigenvalue weighted by atomic mass is 10.0. The van der Waals surface area contributed by atoms with E-state index in [4.69, 9.17) is 9.73 Å². The lowest BCUT2D eigenvalue weighted by molar-refractivity contribution is 0.0968. The predicted molar refractivity (Wildman–Crippen MR) is 113 cm³/mol. The summed E-state index contributed by atoms with van der Waals surface area (Å²) >= 11 is 1.71. The molecule has 0 amide bonds. The van der Waals surface area contributed by atoms with Crippen molar-refractivity contribution in [2.24, 2.45) is 4.99 Å². The van der Waals surface area contributed by atoms with E-state index < -0.39 is 0 Å². The highest BCUT2D eigenvalue weighted by Gasteiger charge is 2.19. The van der Waals surface area contributed by atoms with Crippen molar-refractivity contribution in [3.8, 4) is 11.3 Å². The van der Waals surface area contributed by atoms with Crippen LogP contribution in [-0.2, 0) is 11.3 Å². The van der Waals surface area contributed by atoms with Gasteiger partial charge in [0.05, 0.1) is 24.0 Å². The summed E-state index contributed by atoms with van der Waals surface area (Å²) < 4.78 is 8.27. The minimum Gasteiger partial charge on any atom is -0.376 e. The van der Waals surface area contributed by atoms with Gasteiger partial charge in [-0.2, -0.15) is 0 Å². The molecule has 1 saturated heterocycles. The number of hydrogen-bond donors (Lipinski definition) is 0. The van der Waals surface area contributed by atoms with E-state index in [-0.39, 0.29) is 6.10 Å². The van der Waals surface area contributed by atoms with Crippen LogP contribution in [0, 0.1) is 20.8 Å². The molecular formula is C23H26N2OS. The monoisotopic (exact) mass is 378 g/mol. The first kappa shape index (κ1) is 18.2. The molecule has 2 aromatic carbocycles. The number of rotatable bonds is 4. The summed E-state index contributed by atoms with van der Waals surface area (Å²) in [4.78, 5) is 5.99. The van der Waals surface area contributed by atoms with Gasteiger partial charge < -0.3 is 9.30 Å². The van der Waals surface area contributed by atoms with Crippen LogP contribution in [0.2, 0.25) is 0 Å². The van der Waals surface area contributed by atoms with Crippen LogP contribution in [0.4, 0.5) is 5.69 Å². The van der Waals surface area contributed by atoms with Gasteiger partial charge in [-0.25, -0.2) is 4.99 Å². The SMILES string of the molecule is Cc1cccc(N=c2scc(-c3ccc(C)c(C)c3)n2CC2CCCO2)c1. The van der Waals surface area contributed by atoms with Crippen LogP contribution in [0.5, 0.6) is 0 Å². The van der Waals surface area contributed by atoms with Crippen LogP contribution in [0.1, 0.15) is 29.5 Å². The highest BCUT2D eigenvalue weighted by atomic mass is 32.1. The highest BCUT2D eigenvalue weighted by Crippen LogP contribution is 2.25. The van der Waals surface area contributed by atoms with E-state index in [2.05, 4.69) is 73.2 Å². The maximum Gasteiger partial charge on any atom is 0.190 e. The van der Waals surface area contributed by atoms with Crippen LogP contribution in [0.25, 0.3) is 11.3 Å². The molecule has 140 valence electrons. The molecule has 1 aliphatic rings. The zero-order valence-electron chi connectivity index (χ0n) is 16.2. The fourth-order valence-corrected chi connectivity index (χ4v) is 4.47. The van der Waals surface area contributed by atoms with Gasteiger partial charge in [-0.1, -0.05) is 24.3 Å². The Bertz CT molecular complexity index is 1010. The van der Waals surface area contributed by atoms with Gasteiger partial charge in [-0.15, -0.1) is 11.3 Å². The van der Waals surface area contributed by atoms with E-state index in [1.165, 1.54) is 27.9 Å². The average Bonchev–Trinajstić information content (AvgIpc) is 3.29. The Kier molecular flexibility index (Phi) is 5.28. The molecule has 1 aliphatic heterocycles. The van der Waals surface area contributed by atoms with E-state index >= 15 is 0 Å². The van der Waals surface area contributed by atoms with Crippen LogP contribution in [-0.4, -0.2) is 17.3 Å². The van der Waals surface area contributed by atoms with Gasteiger partial charge >= 0.3 is 0 Å².